The average molecular weight is 401 g/mol. The molecular formula is C20H24N4O3S. The van der Waals surface area contributed by atoms with Crippen LogP contribution in [0.15, 0.2) is 24.3 Å². The number of ether oxygens (including phenoxy) is 2. The third-order valence-electron chi connectivity index (χ3n) is 4.02. The number of hydrogen-bond donors (Lipinski definition) is 2. The molecule has 8 heteroatoms. The van der Waals surface area contributed by atoms with Gasteiger partial charge in [-0.05, 0) is 51.5 Å². The summed E-state index contributed by atoms with van der Waals surface area (Å²) in [5, 5.41) is 10.9. The highest BCUT2D eigenvalue weighted by Crippen LogP contribution is 2.29. The standard InChI is InChI=1S/C20H24N4O3S/c1-5-26-17-8-7-14(9-18(17)27-6-2)11-21-20(25)16-10-15(23-24-16)19-12(3)22-13(4)28-19/h7-10H,5-6,11H2,1-4H3,(H,21,25)(H,23,24). The molecule has 0 saturated heterocycles. The Balaban J connectivity index is 1.67. The first kappa shape index (κ1) is 19.9. The van der Waals surface area contributed by atoms with Gasteiger partial charge in [0.2, 0.25) is 0 Å². The number of H-pyrrole nitrogens is 1. The molecule has 2 aromatic heterocycles. The number of nitrogens with one attached hydrogen (secondary N) is 2. The van der Waals surface area contributed by atoms with Crippen molar-refractivity contribution in [3.63, 3.8) is 0 Å². The van der Waals surface area contributed by atoms with Gasteiger partial charge < -0.3 is 14.8 Å². The fourth-order valence-electron chi connectivity index (χ4n) is 2.81. The fourth-order valence-corrected chi connectivity index (χ4v) is 3.70. The van der Waals surface area contributed by atoms with Crippen LogP contribution in [0.3, 0.4) is 0 Å². The molecule has 1 amide bonds. The van der Waals surface area contributed by atoms with Gasteiger partial charge in [-0.2, -0.15) is 5.10 Å². The van der Waals surface area contributed by atoms with E-state index in [0.717, 1.165) is 26.8 Å². The Bertz CT molecular complexity index is 964. The van der Waals surface area contributed by atoms with Crippen LogP contribution >= 0.6 is 11.3 Å². The van der Waals surface area contributed by atoms with Crippen LogP contribution in [0.5, 0.6) is 11.5 Å². The molecule has 2 N–H and O–H groups in total. The van der Waals surface area contributed by atoms with Crippen molar-refractivity contribution in [2.45, 2.75) is 34.2 Å². The molecule has 0 fully saturated rings. The van der Waals surface area contributed by atoms with Gasteiger partial charge in [-0.3, -0.25) is 9.89 Å². The highest BCUT2D eigenvalue weighted by molar-refractivity contribution is 7.15. The van der Waals surface area contributed by atoms with Crippen molar-refractivity contribution < 1.29 is 14.3 Å². The van der Waals surface area contributed by atoms with Crippen molar-refractivity contribution in [2.75, 3.05) is 13.2 Å². The molecule has 2 heterocycles. The molecule has 1 aromatic carbocycles. The smallest absolute Gasteiger partial charge is 0.272 e. The highest BCUT2D eigenvalue weighted by atomic mass is 32.1. The Labute approximate surface area is 168 Å². The van der Waals surface area contributed by atoms with Gasteiger partial charge in [-0.25, -0.2) is 4.98 Å². The van der Waals surface area contributed by atoms with Crippen molar-refractivity contribution in [2.24, 2.45) is 0 Å². The Morgan fingerprint density at radius 2 is 1.89 bits per heavy atom. The summed E-state index contributed by atoms with van der Waals surface area (Å²) in [6.07, 6.45) is 0. The van der Waals surface area contributed by atoms with Crippen LogP contribution in [0.1, 0.15) is 40.6 Å². The minimum Gasteiger partial charge on any atom is -0.490 e. The minimum atomic E-state index is -0.242. The molecule has 0 unspecified atom stereocenters. The number of carbonyl (C=O) groups is 1. The Kier molecular flexibility index (Phi) is 6.30. The van der Waals surface area contributed by atoms with Gasteiger partial charge in [0, 0.05) is 6.54 Å². The lowest BCUT2D eigenvalue weighted by molar-refractivity contribution is 0.0946. The Morgan fingerprint density at radius 3 is 2.57 bits per heavy atom. The Hall–Kier alpha value is -2.87. The van der Waals surface area contributed by atoms with Gasteiger partial charge in [0.05, 0.1) is 34.5 Å². The largest absolute Gasteiger partial charge is 0.490 e. The highest BCUT2D eigenvalue weighted by Gasteiger charge is 2.15. The van der Waals surface area contributed by atoms with Gasteiger partial charge in [-0.1, -0.05) is 6.07 Å². The number of hydrogen-bond acceptors (Lipinski definition) is 6. The predicted molar refractivity (Wildman–Crippen MR) is 109 cm³/mol. The summed E-state index contributed by atoms with van der Waals surface area (Å²) in [5.41, 5.74) is 2.99. The van der Waals surface area contributed by atoms with Crippen molar-refractivity contribution in [3.8, 4) is 22.1 Å². The number of rotatable bonds is 8. The maximum atomic E-state index is 12.5. The molecule has 0 atom stereocenters. The topological polar surface area (TPSA) is 89.1 Å². The molecule has 0 radical (unpaired) electrons. The number of aromatic amines is 1. The van der Waals surface area contributed by atoms with Gasteiger partial charge in [-0.15, -0.1) is 11.3 Å². The summed E-state index contributed by atoms with van der Waals surface area (Å²) in [6, 6.07) is 7.40. The van der Waals surface area contributed by atoms with Crippen LogP contribution < -0.4 is 14.8 Å². The second kappa shape index (κ2) is 8.88. The van der Waals surface area contributed by atoms with Crippen LogP contribution in [-0.4, -0.2) is 34.3 Å². The molecular weight excluding hydrogens is 376 g/mol. The quantitative estimate of drug-likeness (QED) is 0.599. The van der Waals surface area contributed by atoms with Gasteiger partial charge in [0.1, 0.15) is 0 Å². The van der Waals surface area contributed by atoms with E-state index in [9.17, 15) is 4.79 Å². The van der Waals surface area contributed by atoms with Crippen LogP contribution in [0, 0.1) is 13.8 Å². The van der Waals surface area contributed by atoms with Gasteiger partial charge in [0.15, 0.2) is 17.2 Å². The fraction of sp³-hybridized carbons (Fsp3) is 0.350. The monoisotopic (exact) mass is 400 g/mol. The van der Waals surface area contributed by atoms with Crippen LogP contribution in [0.2, 0.25) is 0 Å². The van der Waals surface area contributed by atoms with Gasteiger partial charge in [0.25, 0.3) is 5.91 Å². The molecule has 7 nitrogen and oxygen atoms in total. The predicted octanol–water partition coefficient (Wildman–Crippen LogP) is 3.88. The third-order valence-corrected chi connectivity index (χ3v) is 5.13. The Morgan fingerprint density at radius 1 is 1.14 bits per heavy atom. The van der Waals surface area contributed by atoms with E-state index in [4.69, 9.17) is 9.47 Å². The minimum absolute atomic E-state index is 0.242. The molecule has 3 aromatic rings. The van der Waals surface area contributed by atoms with E-state index in [1.165, 1.54) is 0 Å². The summed E-state index contributed by atoms with van der Waals surface area (Å²) in [4.78, 5) is 17.9. The summed E-state index contributed by atoms with van der Waals surface area (Å²) >= 11 is 1.57. The number of benzene rings is 1. The van der Waals surface area contributed by atoms with Crippen molar-refractivity contribution in [3.05, 3.63) is 46.2 Å². The molecule has 0 aliphatic carbocycles. The van der Waals surface area contributed by atoms with Crippen molar-refractivity contribution in [1.82, 2.24) is 20.5 Å². The van der Waals surface area contributed by atoms with E-state index in [0.29, 0.717) is 37.0 Å². The molecule has 3 rings (SSSR count). The molecule has 0 bridgehead atoms. The lowest BCUT2D eigenvalue weighted by atomic mass is 10.2. The second-order valence-electron chi connectivity index (χ2n) is 6.14. The number of carbonyl (C=O) groups excluding carboxylic acids is 1. The van der Waals surface area contributed by atoms with E-state index in [2.05, 4.69) is 20.5 Å². The van der Waals surface area contributed by atoms with Crippen molar-refractivity contribution in [1.29, 1.82) is 0 Å². The van der Waals surface area contributed by atoms with Gasteiger partial charge >= 0.3 is 0 Å². The summed E-state index contributed by atoms with van der Waals surface area (Å²) in [5.74, 6) is 1.13. The van der Waals surface area contributed by atoms with Crippen molar-refractivity contribution >= 4 is 17.2 Å². The lowest BCUT2D eigenvalue weighted by Gasteiger charge is -2.12. The summed E-state index contributed by atoms with van der Waals surface area (Å²) in [6.45, 7) is 9.23. The zero-order valence-corrected chi connectivity index (χ0v) is 17.3. The normalized spacial score (nSPS) is 10.7. The maximum Gasteiger partial charge on any atom is 0.272 e. The first-order valence-corrected chi connectivity index (χ1v) is 10.00. The summed E-state index contributed by atoms with van der Waals surface area (Å²) in [7, 11) is 0. The number of aromatic nitrogens is 3. The zero-order chi connectivity index (χ0) is 20.1. The maximum absolute atomic E-state index is 12.5. The SMILES string of the molecule is CCOc1ccc(CNC(=O)c2cc(-c3sc(C)nc3C)[nH]n2)cc1OCC. The molecule has 28 heavy (non-hydrogen) atoms. The molecule has 148 valence electrons. The van der Waals surface area contributed by atoms with E-state index >= 15 is 0 Å². The van der Waals surface area contributed by atoms with E-state index in [-0.39, 0.29) is 5.91 Å². The number of aryl methyl sites for hydroxylation is 2. The lowest BCUT2D eigenvalue weighted by Crippen LogP contribution is -2.23. The average Bonchev–Trinajstić information content (AvgIpc) is 3.28. The number of nitrogens with zero attached hydrogens (tertiary/aromatic N) is 2. The van der Waals surface area contributed by atoms with E-state index < -0.39 is 0 Å². The molecule has 0 aliphatic rings. The van der Waals surface area contributed by atoms with Crippen LogP contribution in [0.4, 0.5) is 0 Å². The third kappa shape index (κ3) is 4.51. The number of amides is 1. The molecule has 0 saturated carbocycles. The zero-order valence-electron chi connectivity index (χ0n) is 16.5. The van der Waals surface area contributed by atoms with Crippen LogP contribution in [-0.2, 0) is 6.54 Å². The second-order valence-corrected chi connectivity index (χ2v) is 7.35. The summed E-state index contributed by atoms with van der Waals surface area (Å²) < 4.78 is 11.2. The first-order chi connectivity index (χ1) is 13.5. The number of thiazole rings is 1. The molecule has 0 aliphatic heterocycles. The molecule has 0 spiro atoms. The van der Waals surface area contributed by atoms with E-state index in [1.807, 2.05) is 45.9 Å². The first-order valence-electron chi connectivity index (χ1n) is 9.18. The van der Waals surface area contributed by atoms with E-state index in [1.54, 1.807) is 17.4 Å². The van der Waals surface area contributed by atoms with Crippen LogP contribution in [0.25, 0.3) is 10.6 Å².